The molecular weight excluding hydrogens is 604 g/mol. The highest BCUT2D eigenvalue weighted by molar-refractivity contribution is 6.37. The lowest BCUT2D eigenvalue weighted by atomic mass is 9.88. The van der Waals surface area contributed by atoms with Gasteiger partial charge in [0.25, 0.3) is 11.8 Å². The third kappa shape index (κ3) is 6.04. The Morgan fingerprint density at radius 1 is 1.00 bits per heavy atom. The first-order valence-electron chi connectivity index (χ1n) is 15.9. The summed E-state index contributed by atoms with van der Waals surface area (Å²) in [4.78, 5) is 40.8. The van der Waals surface area contributed by atoms with Gasteiger partial charge in [0.15, 0.2) is 11.6 Å². The predicted molar refractivity (Wildman–Crippen MR) is 178 cm³/mol. The first-order valence-corrected chi connectivity index (χ1v) is 16.3. The molecule has 46 heavy (non-hydrogen) atoms. The third-order valence-electron chi connectivity index (χ3n) is 9.47. The summed E-state index contributed by atoms with van der Waals surface area (Å²) >= 11 is 7.06. The van der Waals surface area contributed by atoms with E-state index in [-0.39, 0.29) is 17.7 Å². The summed E-state index contributed by atoms with van der Waals surface area (Å²) in [6.45, 7) is 9.42. The van der Waals surface area contributed by atoms with Crippen LogP contribution in [-0.2, 0) is 40.0 Å². The Labute approximate surface area is 274 Å². The SMILES string of the molecule is Cc1c(NC(=O)c2nc3c(n2C)CCN(C[C@@H](C)O)C3)cccc1C1=CCC(C)C(NC(=O)c2nc3c(n2C)CCN(C)C3)=C1Cl. The van der Waals surface area contributed by atoms with Gasteiger partial charge in [-0.3, -0.25) is 14.5 Å². The number of nitrogens with zero attached hydrogens (tertiary/aromatic N) is 6. The van der Waals surface area contributed by atoms with Crippen molar-refractivity contribution in [3.8, 4) is 0 Å². The molecule has 244 valence electrons. The standard InChI is InChI=1S/C34H43ClN8O3/c1-19-10-11-23(29(35)30(19)39-34(46)32-36-25-17-40(4)14-12-27(25)41(32)5)22-8-7-9-24(21(22)3)38-33(45)31-37-26-18-43(16-20(2)44)15-13-28(26)42(31)6/h7-9,11,19-20,44H,10,12-18H2,1-6H3,(H,38,45)(H,39,46)/t19?,20-/m1/s1. The van der Waals surface area contributed by atoms with E-state index in [0.29, 0.717) is 47.6 Å². The van der Waals surface area contributed by atoms with Crippen LogP contribution in [-0.4, -0.2) is 78.6 Å². The number of likely N-dealkylation sites (N-methyl/N-ethyl adjacent to an activating group) is 1. The van der Waals surface area contributed by atoms with Crippen molar-refractivity contribution in [2.75, 3.05) is 32.0 Å². The number of hydrogen-bond acceptors (Lipinski definition) is 7. The zero-order valence-electron chi connectivity index (χ0n) is 27.4. The molecule has 11 nitrogen and oxygen atoms in total. The first kappa shape index (κ1) is 32.2. The Kier molecular flexibility index (Phi) is 8.95. The van der Waals surface area contributed by atoms with Crippen molar-refractivity contribution in [2.45, 2.75) is 59.2 Å². The molecule has 12 heteroatoms. The molecule has 0 radical (unpaired) electrons. The summed E-state index contributed by atoms with van der Waals surface area (Å²) in [7, 11) is 5.83. The minimum atomic E-state index is -0.421. The van der Waals surface area contributed by atoms with Crippen LogP contribution < -0.4 is 10.6 Å². The number of amides is 2. The number of nitrogens with one attached hydrogen (secondary N) is 2. The van der Waals surface area contributed by atoms with Gasteiger partial charge in [-0.1, -0.05) is 36.7 Å². The highest BCUT2D eigenvalue weighted by Gasteiger charge is 2.29. The van der Waals surface area contributed by atoms with Gasteiger partial charge in [-0.2, -0.15) is 0 Å². The van der Waals surface area contributed by atoms with Crippen LogP contribution in [0.15, 0.2) is 35.0 Å². The Bertz CT molecular complexity index is 1770. The van der Waals surface area contributed by atoms with E-state index in [1.807, 2.05) is 55.3 Å². The number of aromatic nitrogens is 4. The van der Waals surface area contributed by atoms with Crippen LogP contribution in [0, 0.1) is 12.8 Å². The van der Waals surface area contributed by atoms with E-state index in [9.17, 15) is 14.7 Å². The van der Waals surface area contributed by atoms with E-state index in [4.69, 9.17) is 16.6 Å². The number of anilines is 1. The van der Waals surface area contributed by atoms with E-state index in [2.05, 4.69) is 38.5 Å². The zero-order valence-corrected chi connectivity index (χ0v) is 28.2. The molecule has 2 amide bonds. The smallest absolute Gasteiger partial charge is 0.291 e. The Hall–Kier alpha value is -3.77. The molecule has 1 aliphatic carbocycles. The monoisotopic (exact) mass is 646 g/mol. The van der Waals surface area contributed by atoms with Crippen LogP contribution in [0.3, 0.4) is 0 Å². The lowest BCUT2D eigenvalue weighted by molar-refractivity contribution is 0.0947. The Balaban J connectivity index is 1.22. The van der Waals surface area contributed by atoms with Crippen molar-refractivity contribution < 1.29 is 14.7 Å². The molecule has 3 aliphatic rings. The van der Waals surface area contributed by atoms with Crippen LogP contribution in [0.5, 0.6) is 0 Å². The molecular formula is C34H43ClN8O3. The van der Waals surface area contributed by atoms with Gasteiger partial charge in [-0.15, -0.1) is 0 Å². The summed E-state index contributed by atoms with van der Waals surface area (Å²) in [5.41, 5.74) is 7.84. The van der Waals surface area contributed by atoms with Crippen LogP contribution in [0.4, 0.5) is 5.69 Å². The number of carbonyl (C=O) groups excluding carboxylic acids is 2. The quantitative estimate of drug-likeness (QED) is 0.358. The second-order valence-electron chi connectivity index (χ2n) is 13.0. The number of aliphatic hydroxyl groups excluding tert-OH is 1. The maximum absolute atomic E-state index is 13.5. The van der Waals surface area contributed by atoms with Gasteiger partial charge in [-0.05, 0) is 50.1 Å². The summed E-state index contributed by atoms with van der Waals surface area (Å²) in [5.74, 6) is 0.183. The lowest BCUT2D eigenvalue weighted by Crippen LogP contribution is -2.36. The molecule has 2 aromatic heterocycles. The van der Waals surface area contributed by atoms with Gasteiger partial charge in [0.1, 0.15) is 0 Å². The number of allylic oxidation sites excluding steroid dienone is 4. The minimum absolute atomic E-state index is 0.00961. The molecule has 2 aliphatic heterocycles. The molecule has 1 unspecified atom stereocenters. The lowest BCUT2D eigenvalue weighted by Gasteiger charge is -2.27. The van der Waals surface area contributed by atoms with Crippen molar-refractivity contribution in [1.82, 2.24) is 34.2 Å². The van der Waals surface area contributed by atoms with Gasteiger partial charge in [0.2, 0.25) is 0 Å². The van der Waals surface area contributed by atoms with Crippen molar-refractivity contribution in [3.05, 3.63) is 80.6 Å². The van der Waals surface area contributed by atoms with Gasteiger partial charge >= 0.3 is 0 Å². The van der Waals surface area contributed by atoms with Gasteiger partial charge in [0, 0.05) is 88.4 Å². The van der Waals surface area contributed by atoms with Crippen molar-refractivity contribution in [2.24, 2.45) is 20.0 Å². The molecule has 6 rings (SSSR count). The van der Waals surface area contributed by atoms with Crippen molar-refractivity contribution in [3.63, 3.8) is 0 Å². The molecule has 0 saturated carbocycles. The maximum Gasteiger partial charge on any atom is 0.291 e. The molecule has 0 fully saturated rings. The van der Waals surface area contributed by atoms with Crippen LogP contribution in [0.25, 0.3) is 5.57 Å². The number of benzene rings is 1. The Morgan fingerprint density at radius 2 is 1.63 bits per heavy atom. The first-order chi connectivity index (χ1) is 21.9. The maximum atomic E-state index is 13.5. The Morgan fingerprint density at radius 3 is 2.30 bits per heavy atom. The second kappa shape index (κ2) is 12.8. The number of fused-ring (bicyclic) bond motifs is 2. The summed E-state index contributed by atoms with van der Waals surface area (Å²) in [6, 6.07) is 5.75. The molecule has 0 saturated heterocycles. The zero-order chi connectivity index (χ0) is 32.9. The number of carbonyl (C=O) groups is 2. The number of halogens is 1. The van der Waals surface area contributed by atoms with Crippen LogP contribution in [0.1, 0.15) is 75.4 Å². The van der Waals surface area contributed by atoms with E-state index < -0.39 is 6.10 Å². The van der Waals surface area contributed by atoms with Gasteiger partial charge in [-0.25, -0.2) is 9.97 Å². The number of aliphatic hydroxyl groups is 1. The van der Waals surface area contributed by atoms with Crippen molar-refractivity contribution in [1.29, 1.82) is 0 Å². The number of rotatable bonds is 7. The second-order valence-corrected chi connectivity index (χ2v) is 13.3. The normalized spacial score (nSPS) is 19.4. The van der Waals surface area contributed by atoms with Gasteiger partial charge < -0.3 is 29.8 Å². The number of β-amino-alcohol motifs (C(OH)–C–C–N with tert-alkyl or cyclic N) is 1. The average molecular weight is 647 g/mol. The third-order valence-corrected chi connectivity index (χ3v) is 9.88. The fourth-order valence-corrected chi connectivity index (χ4v) is 7.28. The molecule has 2 atom stereocenters. The molecule has 3 aromatic rings. The number of imidazole rings is 2. The van der Waals surface area contributed by atoms with Crippen LogP contribution >= 0.6 is 11.6 Å². The number of hydrogen-bond donors (Lipinski definition) is 3. The largest absolute Gasteiger partial charge is 0.392 e. The van der Waals surface area contributed by atoms with Gasteiger partial charge in [0.05, 0.1) is 22.5 Å². The minimum Gasteiger partial charge on any atom is -0.392 e. The van der Waals surface area contributed by atoms with E-state index in [0.717, 1.165) is 72.0 Å². The van der Waals surface area contributed by atoms with E-state index >= 15 is 0 Å². The molecule has 4 heterocycles. The van der Waals surface area contributed by atoms with E-state index in [1.54, 1.807) is 6.92 Å². The summed E-state index contributed by atoms with van der Waals surface area (Å²) in [6.07, 6.45) is 3.99. The average Bonchev–Trinajstić information content (AvgIpc) is 3.51. The van der Waals surface area contributed by atoms with Crippen LogP contribution in [0.2, 0.25) is 0 Å². The topological polar surface area (TPSA) is 121 Å². The van der Waals surface area contributed by atoms with Crippen molar-refractivity contribution >= 4 is 34.7 Å². The van der Waals surface area contributed by atoms with E-state index in [1.165, 1.54) is 0 Å². The fraction of sp³-hybridized carbons (Fsp3) is 0.471. The highest BCUT2D eigenvalue weighted by Crippen LogP contribution is 2.39. The summed E-state index contributed by atoms with van der Waals surface area (Å²) in [5, 5.41) is 16.5. The molecule has 3 N–H and O–H groups in total. The molecule has 0 bridgehead atoms. The highest BCUT2D eigenvalue weighted by atomic mass is 35.5. The summed E-state index contributed by atoms with van der Waals surface area (Å²) < 4.78 is 3.77. The fourth-order valence-electron chi connectivity index (χ4n) is 6.87. The predicted octanol–water partition coefficient (Wildman–Crippen LogP) is 3.74. The molecule has 0 spiro atoms. The molecule has 1 aromatic carbocycles.